The number of benzene rings is 2. The van der Waals surface area contributed by atoms with Crippen molar-refractivity contribution >= 4 is 29.1 Å². The average Bonchev–Trinajstić information content (AvgIpc) is 2.80. The number of methoxy groups -OCH3 is 1. The number of non-ortho nitro benzene ring substituents is 1. The molecule has 0 saturated carbocycles. The molecule has 0 aromatic heterocycles. The van der Waals surface area contributed by atoms with E-state index >= 15 is 0 Å². The van der Waals surface area contributed by atoms with E-state index in [9.17, 15) is 24.5 Å². The number of hydrogen-bond acceptors (Lipinski definition) is 6. The van der Waals surface area contributed by atoms with Crippen LogP contribution in [0.5, 0.6) is 5.75 Å². The van der Waals surface area contributed by atoms with Crippen LogP contribution < -0.4 is 15.4 Å². The van der Waals surface area contributed by atoms with E-state index in [0.29, 0.717) is 24.4 Å². The van der Waals surface area contributed by atoms with Gasteiger partial charge in [-0.3, -0.25) is 24.5 Å². The second kappa shape index (κ2) is 12.0. The standard InChI is InChI=1S/C22H26N4O6/c1-3-4-12-25(22(29)16-6-5-7-18(13-16)26(30)31)15-21(28)23-14-20(27)24-17-8-10-19(32-2)11-9-17/h5-11,13H,3-4,12,14-15H2,1-2H3,(H,23,28)(H,24,27). The molecule has 0 atom stereocenters. The normalized spacial score (nSPS) is 10.2. The summed E-state index contributed by atoms with van der Waals surface area (Å²) in [6.45, 7) is 1.72. The Balaban J connectivity index is 1.95. The highest BCUT2D eigenvalue weighted by Crippen LogP contribution is 2.16. The Kier molecular flexibility index (Phi) is 9.15. The van der Waals surface area contributed by atoms with Gasteiger partial charge in [0.2, 0.25) is 11.8 Å². The van der Waals surface area contributed by atoms with E-state index in [1.165, 1.54) is 36.3 Å². The number of amides is 3. The van der Waals surface area contributed by atoms with Crippen molar-refractivity contribution in [1.82, 2.24) is 10.2 Å². The summed E-state index contributed by atoms with van der Waals surface area (Å²) < 4.78 is 5.05. The molecule has 0 radical (unpaired) electrons. The molecule has 10 nitrogen and oxygen atoms in total. The van der Waals surface area contributed by atoms with E-state index < -0.39 is 22.6 Å². The molecule has 170 valence electrons. The van der Waals surface area contributed by atoms with Crippen molar-refractivity contribution in [3.05, 3.63) is 64.2 Å². The number of nitro groups is 1. The Morgan fingerprint density at radius 2 is 1.81 bits per heavy atom. The number of ether oxygens (including phenoxy) is 1. The first-order chi connectivity index (χ1) is 15.3. The minimum absolute atomic E-state index is 0.125. The summed E-state index contributed by atoms with van der Waals surface area (Å²) in [5.74, 6) is -0.768. The summed E-state index contributed by atoms with van der Waals surface area (Å²) in [6, 6.07) is 12.1. The molecule has 0 spiro atoms. The molecule has 0 fully saturated rings. The molecule has 0 heterocycles. The van der Waals surface area contributed by atoms with Gasteiger partial charge in [0.25, 0.3) is 11.6 Å². The Morgan fingerprint density at radius 1 is 1.09 bits per heavy atom. The lowest BCUT2D eigenvalue weighted by Crippen LogP contribution is -2.43. The highest BCUT2D eigenvalue weighted by Gasteiger charge is 2.20. The molecule has 0 aliphatic carbocycles. The van der Waals surface area contributed by atoms with Crippen LogP contribution in [-0.4, -0.2) is 54.3 Å². The molecule has 0 aliphatic rings. The van der Waals surface area contributed by atoms with Gasteiger partial charge in [0.15, 0.2) is 0 Å². The van der Waals surface area contributed by atoms with E-state index in [4.69, 9.17) is 4.74 Å². The number of rotatable bonds is 11. The third kappa shape index (κ3) is 7.38. The molecule has 2 aromatic rings. The van der Waals surface area contributed by atoms with Crippen LogP contribution in [0.2, 0.25) is 0 Å². The molecule has 10 heteroatoms. The van der Waals surface area contributed by atoms with Gasteiger partial charge >= 0.3 is 0 Å². The summed E-state index contributed by atoms with van der Waals surface area (Å²) in [5, 5.41) is 16.1. The third-order valence-electron chi connectivity index (χ3n) is 4.53. The number of anilines is 1. The van der Waals surface area contributed by atoms with Gasteiger partial charge in [0, 0.05) is 29.9 Å². The van der Waals surface area contributed by atoms with Gasteiger partial charge in [-0.25, -0.2) is 0 Å². The van der Waals surface area contributed by atoms with Gasteiger partial charge in [-0.1, -0.05) is 19.4 Å². The van der Waals surface area contributed by atoms with Crippen molar-refractivity contribution in [3.8, 4) is 5.75 Å². The number of nitrogens with zero attached hydrogens (tertiary/aromatic N) is 2. The summed E-state index contributed by atoms with van der Waals surface area (Å²) in [6.07, 6.45) is 1.45. The number of nitro benzene ring substituents is 1. The van der Waals surface area contributed by atoms with E-state index in [-0.39, 0.29) is 24.3 Å². The smallest absolute Gasteiger partial charge is 0.270 e. The van der Waals surface area contributed by atoms with Gasteiger partial charge in [-0.15, -0.1) is 0 Å². The molecular formula is C22H26N4O6. The SMILES string of the molecule is CCCCN(CC(=O)NCC(=O)Nc1ccc(OC)cc1)C(=O)c1cccc([N+](=O)[O-])c1. The van der Waals surface area contributed by atoms with E-state index in [0.717, 1.165) is 6.42 Å². The zero-order chi connectivity index (χ0) is 23.5. The van der Waals surface area contributed by atoms with E-state index in [1.807, 2.05) is 6.92 Å². The van der Waals surface area contributed by atoms with Crippen LogP contribution in [0.25, 0.3) is 0 Å². The van der Waals surface area contributed by atoms with Gasteiger partial charge < -0.3 is 20.3 Å². The van der Waals surface area contributed by atoms with Crippen molar-refractivity contribution < 1.29 is 24.0 Å². The molecule has 3 amide bonds. The Hall–Kier alpha value is -3.95. The molecule has 0 saturated heterocycles. The first kappa shape index (κ1) is 24.3. The van der Waals surface area contributed by atoms with Crippen LogP contribution >= 0.6 is 0 Å². The van der Waals surface area contributed by atoms with Gasteiger partial charge in [0.05, 0.1) is 25.1 Å². The Bertz CT molecular complexity index is 961. The van der Waals surface area contributed by atoms with Crippen LogP contribution in [-0.2, 0) is 9.59 Å². The van der Waals surface area contributed by atoms with Gasteiger partial charge in [-0.2, -0.15) is 0 Å². The summed E-state index contributed by atoms with van der Waals surface area (Å²) in [5.41, 5.74) is 0.474. The zero-order valence-electron chi connectivity index (χ0n) is 18.0. The quantitative estimate of drug-likeness (QED) is 0.406. The third-order valence-corrected chi connectivity index (χ3v) is 4.53. The maximum Gasteiger partial charge on any atom is 0.270 e. The molecular weight excluding hydrogens is 416 g/mol. The first-order valence-electron chi connectivity index (χ1n) is 10.1. The lowest BCUT2D eigenvalue weighted by atomic mass is 10.1. The monoisotopic (exact) mass is 442 g/mol. The number of unbranched alkanes of at least 4 members (excludes halogenated alkanes) is 1. The predicted molar refractivity (Wildman–Crippen MR) is 119 cm³/mol. The maximum atomic E-state index is 12.8. The molecule has 0 unspecified atom stereocenters. The van der Waals surface area contributed by atoms with Gasteiger partial charge in [-0.05, 0) is 36.8 Å². The summed E-state index contributed by atoms with van der Waals surface area (Å²) >= 11 is 0. The lowest BCUT2D eigenvalue weighted by molar-refractivity contribution is -0.384. The Labute approximate surface area is 185 Å². The van der Waals surface area contributed by atoms with Crippen LogP contribution in [0.4, 0.5) is 11.4 Å². The van der Waals surface area contributed by atoms with Crippen molar-refractivity contribution in [2.45, 2.75) is 19.8 Å². The highest BCUT2D eigenvalue weighted by atomic mass is 16.6. The molecule has 2 rings (SSSR count). The second-order valence-electron chi connectivity index (χ2n) is 6.94. The zero-order valence-corrected chi connectivity index (χ0v) is 18.0. The maximum absolute atomic E-state index is 12.8. The topological polar surface area (TPSA) is 131 Å². The second-order valence-corrected chi connectivity index (χ2v) is 6.94. The van der Waals surface area contributed by atoms with Gasteiger partial charge in [0.1, 0.15) is 5.75 Å². The van der Waals surface area contributed by atoms with Crippen LogP contribution in [0.1, 0.15) is 30.1 Å². The molecule has 0 bridgehead atoms. The highest BCUT2D eigenvalue weighted by molar-refractivity contribution is 5.98. The molecule has 32 heavy (non-hydrogen) atoms. The fourth-order valence-electron chi connectivity index (χ4n) is 2.82. The molecule has 2 N–H and O–H groups in total. The van der Waals surface area contributed by atoms with Crippen LogP contribution in [0.15, 0.2) is 48.5 Å². The lowest BCUT2D eigenvalue weighted by Gasteiger charge is -2.22. The predicted octanol–water partition coefficient (Wildman–Crippen LogP) is 2.60. The minimum atomic E-state index is -0.582. The molecule has 2 aromatic carbocycles. The van der Waals surface area contributed by atoms with Crippen molar-refractivity contribution in [2.75, 3.05) is 32.1 Å². The van der Waals surface area contributed by atoms with Crippen molar-refractivity contribution in [1.29, 1.82) is 0 Å². The number of nitrogens with one attached hydrogen (secondary N) is 2. The average molecular weight is 442 g/mol. The Morgan fingerprint density at radius 3 is 2.44 bits per heavy atom. The first-order valence-corrected chi connectivity index (χ1v) is 10.1. The summed E-state index contributed by atoms with van der Waals surface area (Å²) in [7, 11) is 1.54. The van der Waals surface area contributed by atoms with Crippen molar-refractivity contribution in [3.63, 3.8) is 0 Å². The fourth-order valence-corrected chi connectivity index (χ4v) is 2.82. The van der Waals surface area contributed by atoms with Crippen molar-refractivity contribution in [2.24, 2.45) is 0 Å². The van der Waals surface area contributed by atoms with E-state index in [2.05, 4.69) is 10.6 Å². The van der Waals surface area contributed by atoms with Crippen LogP contribution in [0.3, 0.4) is 0 Å². The number of carbonyl (C=O) groups is 3. The number of hydrogen-bond donors (Lipinski definition) is 2. The van der Waals surface area contributed by atoms with E-state index in [1.54, 1.807) is 24.3 Å². The summed E-state index contributed by atoms with van der Waals surface area (Å²) in [4.78, 5) is 49.0. The number of carbonyl (C=O) groups excluding carboxylic acids is 3. The molecule has 0 aliphatic heterocycles. The van der Waals surface area contributed by atoms with Crippen LogP contribution in [0, 0.1) is 10.1 Å². The largest absolute Gasteiger partial charge is 0.497 e. The fraction of sp³-hybridized carbons (Fsp3) is 0.318. The minimum Gasteiger partial charge on any atom is -0.497 e.